The average molecular weight is 361 g/mol. The first-order valence-electron chi connectivity index (χ1n) is 8.23. The molecule has 7 heteroatoms. The van der Waals surface area contributed by atoms with Crippen molar-refractivity contribution < 1.29 is 9.53 Å². The van der Waals surface area contributed by atoms with Gasteiger partial charge in [-0.3, -0.25) is 14.8 Å². The molecule has 1 aromatic heterocycles. The topological polar surface area (TPSA) is 67.3 Å². The second kappa shape index (κ2) is 8.38. The van der Waals surface area contributed by atoms with E-state index in [1.807, 2.05) is 24.3 Å². The number of morpholine rings is 1. The van der Waals surface area contributed by atoms with Crippen LogP contribution in [0.3, 0.4) is 0 Å². The molecule has 25 heavy (non-hydrogen) atoms. The summed E-state index contributed by atoms with van der Waals surface area (Å²) in [7, 11) is 1.79. The molecule has 0 bridgehead atoms. The summed E-state index contributed by atoms with van der Waals surface area (Å²) < 4.78 is 5.44. The van der Waals surface area contributed by atoms with Gasteiger partial charge in [0.1, 0.15) is 6.04 Å². The molecule has 3 rings (SSSR count). The zero-order valence-electron chi connectivity index (χ0n) is 14.1. The van der Waals surface area contributed by atoms with Crippen LogP contribution in [0.4, 0.5) is 0 Å². The van der Waals surface area contributed by atoms with Gasteiger partial charge in [0.25, 0.3) is 0 Å². The van der Waals surface area contributed by atoms with Gasteiger partial charge in [-0.2, -0.15) is 0 Å². The number of carbonyl (C=O) groups is 1. The first kappa shape index (κ1) is 17.8. The van der Waals surface area contributed by atoms with Gasteiger partial charge in [-0.15, -0.1) is 0 Å². The van der Waals surface area contributed by atoms with Gasteiger partial charge in [0.2, 0.25) is 5.91 Å². The van der Waals surface area contributed by atoms with Crippen LogP contribution in [0.5, 0.6) is 0 Å². The lowest BCUT2D eigenvalue weighted by atomic mass is 10.0. The molecule has 0 aliphatic carbocycles. The molecule has 1 saturated heterocycles. The zero-order chi connectivity index (χ0) is 17.6. The van der Waals surface area contributed by atoms with Crippen LogP contribution < -0.4 is 5.32 Å². The molecule has 1 amide bonds. The number of ether oxygens (including phenoxy) is 1. The summed E-state index contributed by atoms with van der Waals surface area (Å²) in [6.07, 6.45) is 5.31. The van der Waals surface area contributed by atoms with Crippen molar-refractivity contribution in [1.29, 1.82) is 0 Å². The molecule has 1 aromatic carbocycles. The van der Waals surface area contributed by atoms with Gasteiger partial charge in [-0.25, -0.2) is 0 Å². The average Bonchev–Trinajstić information content (AvgIpc) is 2.65. The lowest BCUT2D eigenvalue weighted by Crippen LogP contribution is -2.45. The minimum Gasteiger partial charge on any atom is -0.378 e. The Bertz CT molecular complexity index is 690. The van der Waals surface area contributed by atoms with Crippen LogP contribution in [0.25, 0.3) is 0 Å². The van der Waals surface area contributed by atoms with E-state index in [9.17, 15) is 4.79 Å². The first-order valence-corrected chi connectivity index (χ1v) is 8.61. The Morgan fingerprint density at radius 2 is 2.20 bits per heavy atom. The molecule has 6 nitrogen and oxygen atoms in total. The third-order valence-corrected chi connectivity index (χ3v) is 4.50. The van der Waals surface area contributed by atoms with E-state index in [-0.39, 0.29) is 18.0 Å². The van der Waals surface area contributed by atoms with Crippen LogP contribution in [-0.2, 0) is 9.53 Å². The molecule has 0 spiro atoms. The Morgan fingerprint density at radius 3 is 2.84 bits per heavy atom. The van der Waals surface area contributed by atoms with E-state index < -0.39 is 0 Å². The maximum atomic E-state index is 12.8. The highest BCUT2D eigenvalue weighted by atomic mass is 35.5. The molecule has 1 N–H and O–H groups in total. The summed E-state index contributed by atoms with van der Waals surface area (Å²) in [5, 5.41) is 3.96. The molecular formula is C18H21ClN4O2. The van der Waals surface area contributed by atoms with Crippen LogP contribution in [0.15, 0.2) is 42.9 Å². The molecular weight excluding hydrogens is 340 g/mol. The van der Waals surface area contributed by atoms with E-state index in [0.717, 1.165) is 12.1 Å². The van der Waals surface area contributed by atoms with Crippen molar-refractivity contribution in [3.63, 3.8) is 0 Å². The molecule has 2 atom stereocenters. The summed E-state index contributed by atoms with van der Waals surface area (Å²) in [6.45, 7) is 2.01. The van der Waals surface area contributed by atoms with Crippen LogP contribution in [0, 0.1) is 0 Å². The minimum atomic E-state index is -0.317. The molecule has 2 unspecified atom stereocenters. The Morgan fingerprint density at radius 1 is 1.40 bits per heavy atom. The highest BCUT2D eigenvalue weighted by Gasteiger charge is 2.27. The molecule has 2 aromatic rings. The van der Waals surface area contributed by atoms with E-state index in [1.165, 1.54) is 0 Å². The zero-order valence-corrected chi connectivity index (χ0v) is 14.8. The molecule has 1 fully saturated rings. The van der Waals surface area contributed by atoms with Gasteiger partial charge in [-0.1, -0.05) is 23.7 Å². The number of nitrogens with one attached hydrogen (secondary N) is 1. The fourth-order valence-electron chi connectivity index (χ4n) is 2.94. The summed E-state index contributed by atoms with van der Waals surface area (Å²) in [4.78, 5) is 23.1. The van der Waals surface area contributed by atoms with Crippen LogP contribution in [0.2, 0.25) is 5.02 Å². The molecule has 1 aliphatic rings. The Balaban J connectivity index is 1.82. The monoisotopic (exact) mass is 360 g/mol. The third-order valence-electron chi connectivity index (χ3n) is 4.25. The Kier molecular flexibility index (Phi) is 5.96. The number of carbonyl (C=O) groups excluding carboxylic acids is 1. The number of hydrogen-bond donors (Lipinski definition) is 1. The van der Waals surface area contributed by atoms with Crippen LogP contribution in [0.1, 0.15) is 23.7 Å². The van der Waals surface area contributed by atoms with Crippen molar-refractivity contribution in [2.45, 2.75) is 18.5 Å². The normalized spacial score (nSPS) is 18.6. The molecule has 1 aliphatic heterocycles. The maximum Gasteiger partial charge on any atom is 0.224 e. The number of nitrogens with zero attached hydrogens (tertiary/aromatic N) is 3. The van der Waals surface area contributed by atoms with E-state index in [1.54, 1.807) is 30.5 Å². The Hall–Kier alpha value is -2.02. The quantitative estimate of drug-likeness (QED) is 0.884. The number of rotatable bonds is 5. The number of aromatic nitrogens is 2. The number of benzene rings is 1. The van der Waals surface area contributed by atoms with Gasteiger partial charge in [0.15, 0.2) is 0 Å². The smallest absolute Gasteiger partial charge is 0.224 e. The summed E-state index contributed by atoms with van der Waals surface area (Å²) >= 11 is 6.00. The van der Waals surface area contributed by atoms with Crippen molar-refractivity contribution in [3.05, 3.63) is 59.1 Å². The second-order valence-electron chi connectivity index (χ2n) is 6.02. The van der Waals surface area contributed by atoms with Gasteiger partial charge in [-0.05, 0) is 17.7 Å². The number of amides is 1. The van der Waals surface area contributed by atoms with Gasteiger partial charge < -0.3 is 15.0 Å². The molecule has 0 saturated carbocycles. The largest absolute Gasteiger partial charge is 0.378 e. The van der Waals surface area contributed by atoms with E-state index in [2.05, 4.69) is 15.3 Å². The highest BCUT2D eigenvalue weighted by Crippen LogP contribution is 2.27. The number of hydrogen-bond acceptors (Lipinski definition) is 5. The summed E-state index contributed by atoms with van der Waals surface area (Å²) in [5.74, 6) is 0.0219. The highest BCUT2D eigenvalue weighted by molar-refractivity contribution is 6.30. The van der Waals surface area contributed by atoms with Crippen molar-refractivity contribution in [3.8, 4) is 0 Å². The molecule has 2 heterocycles. The lowest BCUT2D eigenvalue weighted by molar-refractivity contribution is -0.132. The summed E-state index contributed by atoms with van der Waals surface area (Å²) in [5.41, 5.74) is 1.65. The maximum absolute atomic E-state index is 12.8. The van der Waals surface area contributed by atoms with Crippen LogP contribution >= 0.6 is 11.6 Å². The standard InChI is InChI=1S/C18H21ClN4O2/c1-23(17(24)10-15-12-25-9-8-21-15)18(16-11-20-6-7-22-16)13-2-4-14(19)5-3-13/h2-7,11,15,18,21H,8-10,12H2,1H3. The van der Waals surface area contributed by atoms with Crippen molar-refractivity contribution in [2.75, 3.05) is 26.8 Å². The third kappa shape index (κ3) is 4.54. The minimum absolute atomic E-state index is 0.0219. The first-order chi connectivity index (χ1) is 12.1. The fraction of sp³-hybridized carbons (Fsp3) is 0.389. The van der Waals surface area contributed by atoms with E-state index in [4.69, 9.17) is 16.3 Å². The van der Waals surface area contributed by atoms with E-state index >= 15 is 0 Å². The second-order valence-corrected chi connectivity index (χ2v) is 6.46. The predicted molar refractivity (Wildman–Crippen MR) is 95.3 cm³/mol. The number of halogens is 1. The summed E-state index contributed by atoms with van der Waals surface area (Å²) in [6, 6.07) is 7.17. The van der Waals surface area contributed by atoms with Crippen molar-refractivity contribution in [1.82, 2.24) is 20.2 Å². The van der Waals surface area contributed by atoms with Gasteiger partial charge >= 0.3 is 0 Å². The predicted octanol–water partition coefficient (Wildman–Crippen LogP) is 2.06. The van der Waals surface area contributed by atoms with E-state index in [0.29, 0.717) is 30.4 Å². The van der Waals surface area contributed by atoms with Crippen molar-refractivity contribution >= 4 is 17.5 Å². The SMILES string of the molecule is CN(C(=O)CC1COCCN1)C(c1ccc(Cl)cc1)c1cnccn1. The molecule has 132 valence electrons. The van der Waals surface area contributed by atoms with Crippen molar-refractivity contribution in [2.24, 2.45) is 0 Å². The fourth-order valence-corrected chi connectivity index (χ4v) is 3.07. The molecule has 0 radical (unpaired) electrons. The van der Waals surface area contributed by atoms with Gasteiger partial charge in [0.05, 0.1) is 25.1 Å². The lowest BCUT2D eigenvalue weighted by Gasteiger charge is -2.30. The Labute approximate surface area is 152 Å². The van der Waals surface area contributed by atoms with Gasteiger partial charge in [0, 0.05) is 43.5 Å². The van der Waals surface area contributed by atoms with Crippen LogP contribution in [-0.4, -0.2) is 53.6 Å².